The summed E-state index contributed by atoms with van der Waals surface area (Å²) in [5, 5.41) is 7.15. The van der Waals surface area contributed by atoms with E-state index in [4.69, 9.17) is 15.0 Å². The Morgan fingerprint density at radius 3 is 1.70 bits per heavy atom. The second-order valence-corrected chi connectivity index (χ2v) is 15.5. The van der Waals surface area contributed by atoms with E-state index in [0.717, 1.165) is 49.7 Å². The SMILES string of the molecule is c1ccc(-c2cccc(-n3c4ccccc4c4cc5c6ccccc6n(-c6nc(-c7ccccc7)nc(-c7cccc8c7sc7ccccc78)n6)c5cc43)c2)cc1. The maximum absolute atomic E-state index is 5.38. The molecule has 0 bridgehead atoms. The van der Waals surface area contributed by atoms with Gasteiger partial charge in [0.15, 0.2) is 11.6 Å². The number of para-hydroxylation sites is 2. The van der Waals surface area contributed by atoms with Gasteiger partial charge < -0.3 is 4.57 Å². The highest BCUT2D eigenvalue weighted by molar-refractivity contribution is 7.26. The molecule has 12 rings (SSSR count). The summed E-state index contributed by atoms with van der Waals surface area (Å²) in [4.78, 5) is 15.9. The maximum atomic E-state index is 5.38. The van der Waals surface area contributed by atoms with Crippen molar-refractivity contribution in [2.45, 2.75) is 0 Å². The molecule has 0 spiro atoms. The summed E-state index contributed by atoms with van der Waals surface area (Å²) in [7, 11) is 0. The molecule has 0 atom stereocenters. The van der Waals surface area contributed by atoms with E-state index in [1.165, 1.54) is 42.1 Å². The van der Waals surface area contributed by atoms with Crippen LogP contribution in [0, 0.1) is 0 Å². The van der Waals surface area contributed by atoms with Gasteiger partial charge in [0.1, 0.15) is 0 Å². The van der Waals surface area contributed by atoms with Crippen molar-refractivity contribution in [2.75, 3.05) is 0 Å². The van der Waals surface area contributed by atoms with Crippen LogP contribution in [0.5, 0.6) is 0 Å². The van der Waals surface area contributed by atoms with Crippen molar-refractivity contribution < 1.29 is 0 Å². The minimum Gasteiger partial charge on any atom is -0.309 e. The molecule has 6 heteroatoms. The molecular formula is C51H31N5S. The van der Waals surface area contributed by atoms with Gasteiger partial charge in [0, 0.05) is 58.5 Å². The van der Waals surface area contributed by atoms with E-state index >= 15 is 0 Å². The van der Waals surface area contributed by atoms with E-state index in [2.05, 4.69) is 179 Å². The lowest BCUT2D eigenvalue weighted by molar-refractivity contribution is 0.954. The zero-order valence-electron chi connectivity index (χ0n) is 30.5. The highest BCUT2D eigenvalue weighted by Crippen LogP contribution is 2.42. The van der Waals surface area contributed by atoms with Crippen LogP contribution in [-0.4, -0.2) is 24.1 Å². The van der Waals surface area contributed by atoms with Crippen LogP contribution in [0.15, 0.2) is 188 Å². The van der Waals surface area contributed by atoms with E-state index < -0.39 is 0 Å². The first-order chi connectivity index (χ1) is 28.3. The van der Waals surface area contributed by atoms with Gasteiger partial charge in [-0.1, -0.05) is 140 Å². The molecule has 0 unspecified atom stereocenters. The predicted octanol–water partition coefficient (Wildman–Crippen LogP) is 13.4. The molecule has 266 valence electrons. The van der Waals surface area contributed by atoms with Crippen molar-refractivity contribution >= 4 is 75.1 Å². The van der Waals surface area contributed by atoms with Crippen molar-refractivity contribution in [1.29, 1.82) is 0 Å². The summed E-state index contributed by atoms with van der Waals surface area (Å²) >= 11 is 1.79. The highest BCUT2D eigenvalue weighted by Gasteiger charge is 2.22. The first-order valence-corrected chi connectivity index (χ1v) is 19.9. The normalized spacial score (nSPS) is 11.9. The molecule has 57 heavy (non-hydrogen) atoms. The van der Waals surface area contributed by atoms with Gasteiger partial charge in [-0.15, -0.1) is 11.3 Å². The second-order valence-electron chi connectivity index (χ2n) is 14.4. The number of fused-ring (bicyclic) bond motifs is 9. The fourth-order valence-electron chi connectivity index (χ4n) is 8.60. The Balaban J connectivity index is 1.16. The molecular weight excluding hydrogens is 715 g/mol. The van der Waals surface area contributed by atoms with Crippen molar-refractivity contribution in [2.24, 2.45) is 0 Å². The topological polar surface area (TPSA) is 48.5 Å². The van der Waals surface area contributed by atoms with Crippen LogP contribution >= 0.6 is 11.3 Å². The Bertz CT molecular complexity index is 3520. The Morgan fingerprint density at radius 2 is 0.930 bits per heavy atom. The van der Waals surface area contributed by atoms with Crippen molar-refractivity contribution in [3.05, 3.63) is 188 Å². The maximum Gasteiger partial charge on any atom is 0.238 e. The van der Waals surface area contributed by atoms with Crippen LogP contribution < -0.4 is 0 Å². The zero-order chi connectivity index (χ0) is 37.5. The average molecular weight is 746 g/mol. The van der Waals surface area contributed by atoms with Gasteiger partial charge in [-0.3, -0.25) is 4.57 Å². The van der Waals surface area contributed by atoms with Gasteiger partial charge in [0.05, 0.1) is 22.1 Å². The zero-order valence-corrected chi connectivity index (χ0v) is 31.4. The third-order valence-electron chi connectivity index (χ3n) is 11.2. The predicted molar refractivity (Wildman–Crippen MR) is 238 cm³/mol. The van der Waals surface area contributed by atoms with E-state index in [0.29, 0.717) is 17.6 Å². The molecule has 0 aliphatic carbocycles. The highest BCUT2D eigenvalue weighted by atomic mass is 32.1. The number of hydrogen-bond acceptors (Lipinski definition) is 4. The fourth-order valence-corrected chi connectivity index (χ4v) is 9.82. The van der Waals surface area contributed by atoms with Crippen LogP contribution in [0.4, 0.5) is 0 Å². The standard InChI is InChI=1S/C51H31N5S/c1-3-15-32(16-4-1)34-19-13-20-35(29-34)55-43-26-10-7-21-36(43)41-30-42-37-22-8-11-27-44(37)56(46(42)31-45(41)55)51-53-49(33-17-5-2-6-18-33)52-50(54-51)40-25-14-24-39-38-23-9-12-28-47(38)57-48(39)40/h1-31H. The molecule has 0 aliphatic rings. The van der Waals surface area contributed by atoms with Gasteiger partial charge in [-0.2, -0.15) is 9.97 Å². The number of benzene rings is 8. The van der Waals surface area contributed by atoms with Gasteiger partial charge in [-0.05, 0) is 59.7 Å². The van der Waals surface area contributed by atoms with Crippen molar-refractivity contribution in [3.63, 3.8) is 0 Å². The summed E-state index contributed by atoms with van der Waals surface area (Å²) in [6.45, 7) is 0. The molecule has 4 heterocycles. The smallest absolute Gasteiger partial charge is 0.238 e. The molecule has 5 nitrogen and oxygen atoms in total. The number of nitrogens with zero attached hydrogens (tertiary/aromatic N) is 5. The van der Waals surface area contributed by atoms with Crippen LogP contribution in [-0.2, 0) is 0 Å². The molecule has 8 aromatic carbocycles. The molecule has 0 radical (unpaired) electrons. The van der Waals surface area contributed by atoms with Gasteiger partial charge >= 0.3 is 0 Å². The third-order valence-corrected chi connectivity index (χ3v) is 12.4. The lowest BCUT2D eigenvalue weighted by atomic mass is 10.1. The van der Waals surface area contributed by atoms with E-state index in [1.54, 1.807) is 11.3 Å². The number of aromatic nitrogens is 5. The number of thiophene rings is 1. The first kappa shape index (κ1) is 31.9. The third kappa shape index (κ3) is 4.98. The van der Waals surface area contributed by atoms with Crippen LogP contribution in [0.2, 0.25) is 0 Å². The van der Waals surface area contributed by atoms with E-state index in [9.17, 15) is 0 Å². The molecule has 0 amide bonds. The number of hydrogen-bond donors (Lipinski definition) is 0. The molecule has 0 saturated carbocycles. The quantitative estimate of drug-likeness (QED) is 0.176. The lowest BCUT2D eigenvalue weighted by Crippen LogP contribution is -2.06. The Hall–Kier alpha value is -7.41. The van der Waals surface area contributed by atoms with Crippen LogP contribution in [0.1, 0.15) is 0 Å². The molecule has 4 aromatic heterocycles. The fraction of sp³-hybridized carbons (Fsp3) is 0. The van der Waals surface area contributed by atoms with E-state index in [-0.39, 0.29) is 0 Å². The average Bonchev–Trinajstić information content (AvgIpc) is 3.93. The van der Waals surface area contributed by atoms with Crippen molar-refractivity contribution in [1.82, 2.24) is 24.1 Å². The van der Waals surface area contributed by atoms with Crippen molar-refractivity contribution in [3.8, 4) is 45.5 Å². The Labute approximate surface area is 331 Å². The molecule has 0 saturated heterocycles. The molecule has 0 aliphatic heterocycles. The largest absolute Gasteiger partial charge is 0.309 e. The Morgan fingerprint density at radius 1 is 0.351 bits per heavy atom. The van der Waals surface area contributed by atoms with Gasteiger partial charge in [0.2, 0.25) is 5.95 Å². The number of rotatable bonds is 5. The summed E-state index contributed by atoms with van der Waals surface area (Å²) in [5.41, 5.74) is 9.75. The summed E-state index contributed by atoms with van der Waals surface area (Å²) in [6, 6.07) is 66.7. The second kappa shape index (κ2) is 12.6. The minimum absolute atomic E-state index is 0.580. The van der Waals surface area contributed by atoms with Crippen LogP contribution in [0.25, 0.3) is 109 Å². The van der Waals surface area contributed by atoms with Crippen LogP contribution in [0.3, 0.4) is 0 Å². The van der Waals surface area contributed by atoms with Gasteiger partial charge in [-0.25, -0.2) is 4.98 Å². The molecule has 0 fully saturated rings. The summed E-state index contributed by atoms with van der Waals surface area (Å²) in [6.07, 6.45) is 0. The lowest BCUT2D eigenvalue weighted by Gasteiger charge is -2.12. The van der Waals surface area contributed by atoms with E-state index in [1.807, 2.05) is 18.2 Å². The molecule has 12 aromatic rings. The summed E-state index contributed by atoms with van der Waals surface area (Å²) in [5.74, 6) is 1.86. The first-order valence-electron chi connectivity index (χ1n) is 19.1. The monoisotopic (exact) mass is 745 g/mol. The summed E-state index contributed by atoms with van der Waals surface area (Å²) < 4.78 is 7.04. The van der Waals surface area contributed by atoms with Gasteiger partial charge in [0.25, 0.3) is 0 Å². The molecule has 0 N–H and O–H groups in total. The minimum atomic E-state index is 0.580. The Kier molecular flexibility index (Phi) is 7.03.